The summed E-state index contributed by atoms with van der Waals surface area (Å²) in [6.07, 6.45) is 11.7. The van der Waals surface area contributed by atoms with Crippen molar-refractivity contribution in [2.75, 3.05) is 0 Å². The molecule has 1 aliphatic rings. The van der Waals surface area contributed by atoms with Crippen LogP contribution >= 0.6 is 12.2 Å². The molecule has 1 saturated carbocycles. The van der Waals surface area contributed by atoms with Gasteiger partial charge in [-0.2, -0.15) is 4.99 Å². The Kier molecular flexibility index (Phi) is 8.08. The fourth-order valence-electron chi connectivity index (χ4n) is 3.65. The molecular formula is C26H24F2NS. The zero-order chi connectivity index (χ0) is 21.3. The predicted octanol–water partition coefficient (Wildman–Crippen LogP) is 7.57. The second-order valence-electron chi connectivity index (χ2n) is 7.48. The van der Waals surface area contributed by atoms with Gasteiger partial charge in [-0.1, -0.05) is 49.5 Å². The Balaban J connectivity index is 1.63. The Morgan fingerprint density at radius 1 is 1.03 bits per heavy atom. The third kappa shape index (κ3) is 5.95. The number of isothiocyanates is 1. The molecule has 30 heavy (non-hydrogen) atoms. The van der Waals surface area contributed by atoms with Gasteiger partial charge in [-0.3, -0.25) is 0 Å². The van der Waals surface area contributed by atoms with Crippen LogP contribution < -0.4 is 0 Å². The highest BCUT2D eigenvalue weighted by molar-refractivity contribution is 7.78. The maximum Gasteiger partial charge on any atom is 0.153 e. The third-order valence-electron chi connectivity index (χ3n) is 5.32. The van der Waals surface area contributed by atoms with Crippen LogP contribution in [0.15, 0.2) is 53.5 Å². The van der Waals surface area contributed by atoms with Gasteiger partial charge in [0.1, 0.15) is 5.69 Å². The molecule has 153 valence electrons. The lowest BCUT2D eigenvalue weighted by atomic mass is 9.78. The zero-order valence-electron chi connectivity index (χ0n) is 17.1. The molecule has 0 amide bonds. The molecule has 2 aromatic carbocycles. The van der Waals surface area contributed by atoms with E-state index in [2.05, 4.69) is 60.3 Å². The molecule has 0 heterocycles. The number of halogens is 2. The number of aliphatic imine (C=N–C) groups is 1. The highest BCUT2D eigenvalue weighted by Gasteiger charge is 2.21. The van der Waals surface area contributed by atoms with E-state index in [0.29, 0.717) is 5.92 Å². The van der Waals surface area contributed by atoms with Crippen LogP contribution in [0.4, 0.5) is 14.5 Å². The molecule has 0 aromatic heterocycles. The number of nitrogens with zero attached hydrogens (tertiary/aromatic N) is 1. The molecule has 1 aliphatic carbocycles. The summed E-state index contributed by atoms with van der Waals surface area (Å²) in [4.78, 5) is 3.40. The number of hydrogen-bond donors (Lipinski definition) is 0. The molecule has 4 heteroatoms. The third-order valence-corrected chi connectivity index (χ3v) is 5.41. The highest BCUT2D eigenvalue weighted by Crippen LogP contribution is 2.35. The van der Waals surface area contributed by atoms with Gasteiger partial charge in [0, 0.05) is 17.0 Å². The fourth-order valence-corrected chi connectivity index (χ4v) is 3.74. The minimum atomic E-state index is -0.802. The monoisotopic (exact) mass is 420 g/mol. The molecule has 2 aromatic rings. The molecule has 0 N–H and O–H groups in total. The zero-order valence-corrected chi connectivity index (χ0v) is 17.9. The number of rotatable bonds is 5. The van der Waals surface area contributed by atoms with Crippen LogP contribution in [0.2, 0.25) is 0 Å². The van der Waals surface area contributed by atoms with Crippen molar-refractivity contribution in [2.45, 2.75) is 45.4 Å². The summed E-state index contributed by atoms with van der Waals surface area (Å²) in [6, 6.07) is 10.4. The first kappa shape index (κ1) is 22.1. The number of hydrogen-bond acceptors (Lipinski definition) is 2. The Morgan fingerprint density at radius 3 is 2.27 bits per heavy atom. The van der Waals surface area contributed by atoms with Crippen LogP contribution in [0.5, 0.6) is 0 Å². The highest BCUT2D eigenvalue weighted by atomic mass is 32.1. The normalized spacial score (nSPS) is 14.9. The number of thiocarbonyl (C=S) groups is 1. The van der Waals surface area contributed by atoms with Crippen LogP contribution in [-0.2, 0) is 0 Å². The topological polar surface area (TPSA) is 12.4 Å². The second kappa shape index (κ2) is 11.0. The summed E-state index contributed by atoms with van der Waals surface area (Å²) in [5, 5.41) is 1.98. The van der Waals surface area contributed by atoms with Crippen molar-refractivity contribution in [1.82, 2.24) is 0 Å². The van der Waals surface area contributed by atoms with Crippen molar-refractivity contribution >= 4 is 23.1 Å². The van der Waals surface area contributed by atoms with Gasteiger partial charge in [0.25, 0.3) is 0 Å². The van der Waals surface area contributed by atoms with Crippen molar-refractivity contribution in [3.63, 3.8) is 0 Å². The maximum atomic E-state index is 13.9. The van der Waals surface area contributed by atoms with Gasteiger partial charge in [-0.05, 0) is 80.1 Å². The lowest BCUT2D eigenvalue weighted by Crippen LogP contribution is -2.12. The minimum absolute atomic E-state index is 0.251. The Labute approximate surface area is 182 Å². The van der Waals surface area contributed by atoms with Gasteiger partial charge in [0.15, 0.2) is 11.6 Å². The molecular weight excluding hydrogens is 396 g/mol. The predicted molar refractivity (Wildman–Crippen MR) is 122 cm³/mol. The molecule has 0 saturated heterocycles. The van der Waals surface area contributed by atoms with Crippen LogP contribution in [0.3, 0.4) is 0 Å². The maximum absolute atomic E-state index is 13.9. The van der Waals surface area contributed by atoms with Crippen molar-refractivity contribution in [1.29, 1.82) is 0 Å². The summed E-state index contributed by atoms with van der Waals surface area (Å²) in [7, 11) is 0. The van der Waals surface area contributed by atoms with E-state index >= 15 is 0 Å². The Morgan fingerprint density at radius 2 is 1.67 bits per heavy atom. The van der Waals surface area contributed by atoms with E-state index in [1.807, 2.05) is 17.3 Å². The Hall–Kier alpha value is -2.60. The van der Waals surface area contributed by atoms with Crippen molar-refractivity contribution in [3.8, 4) is 11.8 Å². The van der Waals surface area contributed by atoms with Gasteiger partial charge >= 0.3 is 0 Å². The molecule has 3 rings (SSSR count). The lowest BCUT2D eigenvalue weighted by molar-refractivity contribution is 0.454. The quantitative estimate of drug-likeness (QED) is 0.210. The molecule has 0 spiro atoms. The van der Waals surface area contributed by atoms with Crippen LogP contribution in [0.25, 0.3) is 0 Å². The van der Waals surface area contributed by atoms with E-state index in [9.17, 15) is 8.78 Å². The fraction of sp³-hybridized carbons (Fsp3) is 0.308. The molecule has 0 bridgehead atoms. The average Bonchev–Trinajstić information content (AvgIpc) is 2.76. The molecule has 1 fully saturated rings. The molecule has 1 radical (unpaired) electrons. The van der Waals surface area contributed by atoms with Crippen molar-refractivity contribution < 1.29 is 8.78 Å². The number of benzene rings is 2. The summed E-state index contributed by atoms with van der Waals surface area (Å²) < 4.78 is 27.8. The molecule has 0 aliphatic heterocycles. The van der Waals surface area contributed by atoms with Gasteiger partial charge in [0.2, 0.25) is 0 Å². The smallest absolute Gasteiger partial charge is 0.153 e. The Bertz CT molecular complexity index is 977. The van der Waals surface area contributed by atoms with E-state index in [4.69, 9.17) is 0 Å². The van der Waals surface area contributed by atoms with E-state index < -0.39 is 17.3 Å². The van der Waals surface area contributed by atoms with Gasteiger partial charge in [0.05, 0.1) is 5.16 Å². The van der Waals surface area contributed by atoms with Gasteiger partial charge < -0.3 is 0 Å². The summed E-state index contributed by atoms with van der Waals surface area (Å²) in [6.45, 7) is 2.20. The van der Waals surface area contributed by atoms with Crippen LogP contribution in [0, 0.1) is 35.3 Å². The van der Waals surface area contributed by atoms with Crippen LogP contribution in [0.1, 0.15) is 62.1 Å². The van der Waals surface area contributed by atoms with Crippen molar-refractivity contribution in [3.05, 3.63) is 82.8 Å². The summed E-state index contributed by atoms with van der Waals surface area (Å²) in [5.41, 5.74) is 1.88. The summed E-state index contributed by atoms with van der Waals surface area (Å²) in [5.74, 6) is 6.36. The first-order valence-corrected chi connectivity index (χ1v) is 10.7. The largest absolute Gasteiger partial charge is 0.204 e. The molecule has 0 atom stereocenters. The van der Waals surface area contributed by atoms with Crippen molar-refractivity contribution in [2.24, 2.45) is 10.9 Å². The minimum Gasteiger partial charge on any atom is -0.204 e. The standard InChI is InChI=1S/C26H24F2NS/c1-2-3-4-5-19-8-12-22(13-9-19)23-14-10-20(11-15-23)6-7-21-16-24(27)26(29-18-30)25(28)17-21/h4-5,10-11,14-17,19H,2-3,8-9,12-13H2,1H3/b5-4+. The first-order chi connectivity index (χ1) is 14.6. The number of allylic oxidation sites excluding steroid dienone is 2. The SMILES string of the molecule is CCC/C=C/C1CC[C](c2ccc(C#Cc3cc(F)c(N=C=S)c(F)c3)cc2)CC1. The first-order valence-electron chi connectivity index (χ1n) is 10.3. The molecule has 0 unspecified atom stereocenters. The van der Waals surface area contributed by atoms with E-state index in [1.54, 1.807) is 0 Å². The van der Waals surface area contributed by atoms with Crippen LogP contribution in [-0.4, -0.2) is 5.16 Å². The number of unbranched alkanes of at least 4 members (excludes halogenated alkanes) is 1. The average molecular weight is 421 g/mol. The van der Waals surface area contributed by atoms with Gasteiger partial charge in [-0.25, -0.2) is 8.78 Å². The summed E-state index contributed by atoms with van der Waals surface area (Å²) >= 11 is 4.40. The van der Waals surface area contributed by atoms with Gasteiger partial charge in [-0.15, -0.1) is 0 Å². The lowest BCUT2D eigenvalue weighted by Gasteiger charge is -2.26. The second-order valence-corrected chi connectivity index (χ2v) is 7.66. The molecule has 1 nitrogen and oxygen atoms in total. The van der Waals surface area contributed by atoms with E-state index in [0.717, 1.165) is 30.5 Å². The van der Waals surface area contributed by atoms with E-state index in [1.165, 1.54) is 37.2 Å². The van der Waals surface area contributed by atoms with E-state index in [-0.39, 0.29) is 5.56 Å².